The van der Waals surface area contributed by atoms with Gasteiger partial charge in [0.25, 0.3) is 5.56 Å². The van der Waals surface area contributed by atoms with E-state index in [1.807, 2.05) is 0 Å². The molecular formula is C9H12F3N3O. The second kappa shape index (κ2) is 4.25. The summed E-state index contributed by atoms with van der Waals surface area (Å²) in [5.74, 6) is 0.0118. The molecule has 1 unspecified atom stereocenters. The van der Waals surface area contributed by atoms with Crippen LogP contribution < -0.4 is 11.3 Å². The van der Waals surface area contributed by atoms with Crippen LogP contribution in [-0.4, -0.2) is 22.3 Å². The molecule has 7 heteroatoms. The Bertz CT molecular complexity index is 439. The van der Waals surface area contributed by atoms with Crippen molar-refractivity contribution in [2.24, 2.45) is 5.73 Å². The first kappa shape index (κ1) is 12.7. The van der Waals surface area contributed by atoms with E-state index in [0.29, 0.717) is 10.3 Å². The largest absolute Gasteiger partial charge is 0.410 e. The number of aryl methyl sites for hydroxylation is 2. The molecule has 0 aliphatic rings. The maximum atomic E-state index is 12.6. The van der Waals surface area contributed by atoms with Crippen molar-refractivity contribution in [2.45, 2.75) is 26.1 Å². The summed E-state index contributed by atoms with van der Waals surface area (Å²) >= 11 is 0. The van der Waals surface area contributed by atoms with Gasteiger partial charge in [-0.05, 0) is 13.8 Å². The Labute approximate surface area is 89.9 Å². The highest BCUT2D eigenvalue weighted by Gasteiger charge is 2.41. The zero-order valence-corrected chi connectivity index (χ0v) is 8.88. The van der Waals surface area contributed by atoms with Gasteiger partial charge in [0.05, 0.1) is 0 Å². The number of rotatable bonds is 2. The van der Waals surface area contributed by atoms with Crippen molar-refractivity contribution >= 4 is 0 Å². The molecule has 0 radical (unpaired) electrons. The number of halogens is 3. The van der Waals surface area contributed by atoms with Gasteiger partial charge in [0.2, 0.25) is 0 Å². The van der Waals surface area contributed by atoms with Crippen LogP contribution in [0.2, 0.25) is 0 Å². The standard InChI is InChI=1S/C9H12F3N3O/c1-5-3-8(16)15(6(2)14-5)7(4-13)9(10,11)12/h3,7H,4,13H2,1-2H3. The Morgan fingerprint density at radius 1 is 1.50 bits per heavy atom. The maximum Gasteiger partial charge on any atom is 0.410 e. The fourth-order valence-electron chi connectivity index (χ4n) is 1.51. The smallest absolute Gasteiger partial charge is 0.328 e. The lowest BCUT2D eigenvalue weighted by Gasteiger charge is -2.22. The van der Waals surface area contributed by atoms with Crippen molar-refractivity contribution in [1.82, 2.24) is 9.55 Å². The van der Waals surface area contributed by atoms with Crippen molar-refractivity contribution in [3.63, 3.8) is 0 Å². The third kappa shape index (κ3) is 2.41. The first-order chi connectivity index (χ1) is 7.27. The lowest BCUT2D eigenvalue weighted by molar-refractivity contribution is -0.166. The van der Waals surface area contributed by atoms with Crippen molar-refractivity contribution in [1.29, 1.82) is 0 Å². The van der Waals surface area contributed by atoms with Gasteiger partial charge in [-0.1, -0.05) is 0 Å². The normalized spacial score (nSPS) is 13.9. The third-order valence-electron chi connectivity index (χ3n) is 2.17. The lowest BCUT2D eigenvalue weighted by atomic mass is 10.2. The van der Waals surface area contributed by atoms with Gasteiger partial charge in [-0.3, -0.25) is 9.36 Å². The van der Waals surface area contributed by atoms with Crippen LogP contribution in [0, 0.1) is 13.8 Å². The van der Waals surface area contributed by atoms with Crippen LogP contribution in [-0.2, 0) is 0 Å². The minimum absolute atomic E-state index is 0.0118. The molecule has 16 heavy (non-hydrogen) atoms. The fourth-order valence-corrected chi connectivity index (χ4v) is 1.51. The van der Waals surface area contributed by atoms with Crippen molar-refractivity contribution < 1.29 is 13.2 Å². The predicted octanol–water partition coefficient (Wildman–Crippen LogP) is 0.922. The van der Waals surface area contributed by atoms with Gasteiger partial charge in [-0.25, -0.2) is 4.98 Å². The second-order valence-corrected chi connectivity index (χ2v) is 3.45. The number of alkyl halides is 3. The topological polar surface area (TPSA) is 60.9 Å². The number of nitrogens with two attached hydrogens (primary N) is 1. The summed E-state index contributed by atoms with van der Waals surface area (Å²) in [5.41, 5.74) is 4.71. The molecule has 0 amide bonds. The zero-order valence-electron chi connectivity index (χ0n) is 8.88. The molecule has 0 bridgehead atoms. The van der Waals surface area contributed by atoms with E-state index < -0.39 is 24.3 Å². The first-order valence-corrected chi connectivity index (χ1v) is 4.61. The number of nitrogens with zero attached hydrogens (tertiary/aromatic N) is 2. The lowest BCUT2D eigenvalue weighted by Crippen LogP contribution is -2.40. The van der Waals surface area contributed by atoms with Crippen LogP contribution in [0.3, 0.4) is 0 Å². The summed E-state index contributed by atoms with van der Waals surface area (Å²) in [5, 5.41) is 0. The summed E-state index contributed by atoms with van der Waals surface area (Å²) in [6.07, 6.45) is -4.56. The SMILES string of the molecule is Cc1cc(=O)n(C(CN)C(F)(F)F)c(C)n1. The first-order valence-electron chi connectivity index (χ1n) is 4.61. The van der Waals surface area contributed by atoms with Crippen LogP contribution >= 0.6 is 0 Å². The molecule has 1 aromatic heterocycles. The summed E-state index contributed by atoms with van der Waals surface area (Å²) in [6, 6.07) is -0.963. The molecule has 0 saturated carbocycles. The molecule has 0 aromatic carbocycles. The van der Waals surface area contributed by atoms with E-state index in [-0.39, 0.29) is 5.82 Å². The van der Waals surface area contributed by atoms with Crippen molar-refractivity contribution in [3.05, 3.63) is 27.9 Å². The molecule has 1 atom stereocenters. The highest BCUT2D eigenvalue weighted by Crippen LogP contribution is 2.29. The molecule has 0 aliphatic heterocycles. The molecular weight excluding hydrogens is 223 g/mol. The molecule has 0 spiro atoms. The minimum atomic E-state index is -4.56. The van der Waals surface area contributed by atoms with Gasteiger partial charge in [0.1, 0.15) is 11.9 Å². The molecule has 0 aliphatic carbocycles. The number of aromatic nitrogens is 2. The molecule has 1 rings (SSSR count). The maximum absolute atomic E-state index is 12.6. The van der Waals surface area contributed by atoms with Crippen LogP contribution in [0.25, 0.3) is 0 Å². The molecule has 0 saturated heterocycles. The summed E-state index contributed by atoms with van der Waals surface area (Å²) in [6.45, 7) is 2.21. The van der Waals surface area contributed by atoms with Crippen LogP contribution in [0.1, 0.15) is 17.6 Å². The zero-order chi connectivity index (χ0) is 12.5. The average molecular weight is 235 g/mol. The van der Waals surface area contributed by atoms with Gasteiger partial charge < -0.3 is 5.73 Å². The highest BCUT2D eigenvalue weighted by molar-refractivity contribution is 5.04. The van der Waals surface area contributed by atoms with Gasteiger partial charge in [-0.2, -0.15) is 13.2 Å². The number of hydrogen-bond acceptors (Lipinski definition) is 3. The van der Waals surface area contributed by atoms with E-state index in [2.05, 4.69) is 4.98 Å². The van der Waals surface area contributed by atoms with Gasteiger partial charge in [0, 0.05) is 18.3 Å². The summed E-state index contributed by atoms with van der Waals surface area (Å²) in [7, 11) is 0. The fraction of sp³-hybridized carbons (Fsp3) is 0.556. The monoisotopic (exact) mass is 235 g/mol. The van der Waals surface area contributed by atoms with E-state index in [4.69, 9.17) is 5.73 Å². The third-order valence-corrected chi connectivity index (χ3v) is 2.17. The van der Waals surface area contributed by atoms with Gasteiger partial charge >= 0.3 is 6.18 Å². The average Bonchev–Trinajstić information content (AvgIpc) is 2.08. The molecule has 1 aromatic rings. The second-order valence-electron chi connectivity index (χ2n) is 3.45. The minimum Gasteiger partial charge on any atom is -0.328 e. The van der Waals surface area contributed by atoms with Crippen LogP contribution in [0.4, 0.5) is 13.2 Å². The molecule has 1 heterocycles. The predicted molar refractivity (Wildman–Crippen MR) is 52.1 cm³/mol. The Hall–Kier alpha value is -1.37. The quantitative estimate of drug-likeness (QED) is 0.829. The summed E-state index contributed by atoms with van der Waals surface area (Å²) < 4.78 is 38.4. The van der Waals surface area contributed by atoms with E-state index in [1.165, 1.54) is 6.92 Å². The Balaban J connectivity index is 3.37. The molecule has 90 valence electrons. The van der Waals surface area contributed by atoms with E-state index >= 15 is 0 Å². The number of hydrogen-bond donors (Lipinski definition) is 1. The Morgan fingerprint density at radius 3 is 2.44 bits per heavy atom. The molecule has 0 fully saturated rings. The van der Waals surface area contributed by atoms with Crippen molar-refractivity contribution in [3.8, 4) is 0 Å². The summed E-state index contributed by atoms with van der Waals surface area (Å²) in [4.78, 5) is 15.3. The Morgan fingerprint density at radius 2 is 2.06 bits per heavy atom. The van der Waals surface area contributed by atoms with Crippen LogP contribution in [0.5, 0.6) is 0 Å². The van der Waals surface area contributed by atoms with Gasteiger partial charge in [-0.15, -0.1) is 0 Å². The van der Waals surface area contributed by atoms with Gasteiger partial charge in [0.15, 0.2) is 0 Å². The Kier molecular flexibility index (Phi) is 3.37. The van der Waals surface area contributed by atoms with E-state index in [0.717, 1.165) is 6.07 Å². The molecule has 2 N–H and O–H groups in total. The highest BCUT2D eigenvalue weighted by atomic mass is 19.4. The van der Waals surface area contributed by atoms with Crippen LogP contribution in [0.15, 0.2) is 10.9 Å². The van der Waals surface area contributed by atoms with Crippen molar-refractivity contribution in [2.75, 3.05) is 6.54 Å². The molecule has 4 nitrogen and oxygen atoms in total. The van der Waals surface area contributed by atoms with E-state index in [9.17, 15) is 18.0 Å². The van der Waals surface area contributed by atoms with E-state index in [1.54, 1.807) is 6.92 Å².